The van der Waals surface area contributed by atoms with Crippen LogP contribution < -0.4 is 5.32 Å². The van der Waals surface area contributed by atoms with E-state index < -0.39 is 0 Å². The Kier molecular flexibility index (Phi) is 7.37. The summed E-state index contributed by atoms with van der Waals surface area (Å²) < 4.78 is 0. The van der Waals surface area contributed by atoms with Crippen molar-refractivity contribution >= 4 is 11.8 Å². The van der Waals surface area contributed by atoms with Gasteiger partial charge in [0.2, 0.25) is 0 Å². The highest BCUT2D eigenvalue weighted by Gasteiger charge is 2.36. The Morgan fingerprint density at radius 2 is 1.90 bits per heavy atom. The molecule has 1 saturated heterocycles. The molecular formula is C18H36N2S. The number of piperazine rings is 1. The fourth-order valence-corrected chi connectivity index (χ4v) is 5.16. The number of nitrogens with zero attached hydrogens (tertiary/aromatic N) is 1. The molecule has 3 heteroatoms. The van der Waals surface area contributed by atoms with Crippen LogP contribution in [0.25, 0.3) is 0 Å². The van der Waals surface area contributed by atoms with Gasteiger partial charge in [0.15, 0.2) is 0 Å². The van der Waals surface area contributed by atoms with Gasteiger partial charge in [-0.25, -0.2) is 0 Å². The lowest BCUT2D eigenvalue weighted by Crippen LogP contribution is -2.63. The SMILES string of the molecule is CCC(CSC)N1CC(C2CCCCC2)NCC1C(C)C. The largest absolute Gasteiger partial charge is 0.311 e. The lowest BCUT2D eigenvalue weighted by atomic mass is 9.81. The number of nitrogens with one attached hydrogen (secondary N) is 1. The van der Waals surface area contributed by atoms with Gasteiger partial charge in [0.25, 0.3) is 0 Å². The molecule has 2 rings (SSSR count). The molecule has 0 aromatic carbocycles. The van der Waals surface area contributed by atoms with E-state index in [1.807, 2.05) is 11.8 Å². The van der Waals surface area contributed by atoms with Gasteiger partial charge in [-0.3, -0.25) is 4.90 Å². The minimum absolute atomic E-state index is 0.724. The lowest BCUT2D eigenvalue weighted by Gasteiger charge is -2.48. The van der Waals surface area contributed by atoms with Gasteiger partial charge in [-0.05, 0) is 37.4 Å². The van der Waals surface area contributed by atoms with Gasteiger partial charge in [-0.15, -0.1) is 0 Å². The smallest absolute Gasteiger partial charge is 0.0247 e. The minimum atomic E-state index is 0.724. The molecule has 0 bridgehead atoms. The summed E-state index contributed by atoms with van der Waals surface area (Å²) >= 11 is 2.02. The van der Waals surface area contributed by atoms with Crippen molar-refractivity contribution in [1.29, 1.82) is 0 Å². The van der Waals surface area contributed by atoms with Crippen LogP contribution in [-0.2, 0) is 0 Å². The Hall–Kier alpha value is 0.270. The summed E-state index contributed by atoms with van der Waals surface area (Å²) in [6.45, 7) is 9.64. The Bertz CT molecular complexity index is 289. The van der Waals surface area contributed by atoms with E-state index in [-0.39, 0.29) is 0 Å². The summed E-state index contributed by atoms with van der Waals surface area (Å²) in [5.41, 5.74) is 0. The quantitative estimate of drug-likeness (QED) is 0.798. The van der Waals surface area contributed by atoms with E-state index in [0.717, 1.165) is 30.0 Å². The molecule has 3 atom stereocenters. The highest BCUT2D eigenvalue weighted by Crippen LogP contribution is 2.30. The van der Waals surface area contributed by atoms with Crippen molar-refractivity contribution in [3.63, 3.8) is 0 Å². The molecule has 3 unspecified atom stereocenters. The van der Waals surface area contributed by atoms with Gasteiger partial charge >= 0.3 is 0 Å². The van der Waals surface area contributed by atoms with E-state index in [0.29, 0.717) is 0 Å². The van der Waals surface area contributed by atoms with Crippen LogP contribution in [0.1, 0.15) is 59.3 Å². The number of rotatable bonds is 6. The average Bonchev–Trinajstić information content (AvgIpc) is 2.52. The van der Waals surface area contributed by atoms with Crippen molar-refractivity contribution in [3.05, 3.63) is 0 Å². The van der Waals surface area contributed by atoms with E-state index >= 15 is 0 Å². The van der Waals surface area contributed by atoms with Crippen molar-refractivity contribution in [2.75, 3.05) is 25.1 Å². The third kappa shape index (κ3) is 4.62. The van der Waals surface area contributed by atoms with Crippen LogP contribution in [0, 0.1) is 11.8 Å². The summed E-state index contributed by atoms with van der Waals surface area (Å²) in [4.78, 5) is 2.87. The summed E-state index contributed by atoms with van der Waals surface area (Å²) in [6.07, 6.45) is 10.8. The second-order valence-corrected chi connectivity index (χ2v) is 8.35. The van der Waals surface area contributed by atoms with Crippen molar-refractivity contribution in [1.82, 2.24) is 10.2 Å². The minimum Gasteiger partial charge on any atom is -0.311 e. The monoisotopic (exact) mass is 312 g/mol. The van der Waals surface area contributed by atoms with Gasteiger partial charge in [0, 0.05) is 37.0 Å². The second kappa shape index (κ2) is 8.79. The van der Waals surface area contributed by atoms with Gasteiger partial charge < -0.3 is 5.32 Å². The topological polar surface area (TPSA) is 15.3 Å². The van der Waals surface area contributed by atoms with Crippen molar-refractivity contribution in [2.45, 2.75) is 77.4 Å². The van der Waals surface area contributed by atoms with Crippen LogP contribution in [0.3, 0.4) is 0 Å². The molecule has 124 valence electrons. The Balaban J connectivity index is 2.03. The Labute approximate surface area is 136 Å². The summed E-state index contributed by atoms with van der Waals surface area (Å²) in [5, 5.41) is 3.92. The fraction of sp³-hybridized carbons (Fsp3) is 1.00. The molecular weight excluding hydrogens is 276 g/mol. The summed E-state index contributed by atoms with van der Waals surface area (Å²) in [7, 11) is 0. The Morgan fingerprint density at radius 1 is 1.19 bits per heavy atom. The molecule has 0 aromatic rings. The third-order valence-electron chi connectivity index (χ3n) is 5.71. The van der Waals surface area contributed by atoms with E-state index in [1.54, 1.807) is 0 Å². The van der Waals surface area contributed by atoms with Crippen LogP contribution >= 0.6 is 11.8 Å². The van der Waals surface area contributed by atoms with Crippen LogP contribution in [0.5, 0.6) is 0 Å². The first kappa shape index (κ1) is 17.6. The molecule has 0 spiro atoms. The summed E-state index contributed by atoms with van der Waals surface area (Å²) in [6, 6.07) is 2.23. The van der Waals surface area contributed by atoms with E-state index in [1.165, 1.54) is 57.4 Å². The van der Waals surface area contributed by atoms with Gasteiger partial charge in [0.1, 0.15) is 0 Å². The predicted molar refractivity (Wildman–Crippen MR) is 96.2 cm³/mol. The zero-order valence-electron chi connectivity index (χ0n) is 14.6. The predicted octanol–water partition coefficient (Wildman–Crippen LogP) is 4.01. The van der Waals surface area contributed by atoms with E-state index in [9.17, 15) is 0 Å². The van der Waals surface area contributed by atoms with Gasteiger partial charge in [0.05, 0.1) is 0 Å². The molecule has 1 N–H and O–H groups in total. The molecule has 2 nitrogen and oxygen atoms in total. The molecule has 0 aromatic heterocycles. The number of hydrogen-bond acceptors (Lipinski definition) is 3. The highest BCUT2D eigenvalue weighted by atomic mass is 32.2. The van der Waals surface area contributed by atoms with Crippen LogP contribution in [-0.4, -0.2) is 48.1 Å². The average molecular weight is 313 g/mol. The maximum absolute atomic E-state index is 3.92. The van der Waals surface area contributed by atoms with E-state index in [4.69, 9.17) is 0 Å². The maximum atomic E-state index is 3.92. The molecule has 1 aliphatic heterocycles. The fourth-order valence-electron chi connectivity index (χ4n) is 4.35. The summed E-state index contributed by atoms with van der Waals surface area (Å²) in [5.74, 6) is 2.97. The first-order chi connectivity index (χ1) is 10.2. The molecule has 2 fully saturated rings. The molecule has 0 radical (unpaired) electrons. The van der Waals surface area contributed by atoms with Crippen LogP contribution in [0.15, 0.2) is 0 Å². The maximum Gasteiger partial charge on any atom is 0.0247 e. The number of hydrogen-bond donors (Lipinski definition) is 1. The molecule has 1 saturated carbocycles. The molecule has 21 heavy (non-hydrogen) atoms. The van der Waals surface area contributed by atoms with Crippen molar-refractivity contribution in [2.24, 2.45) is 11.8 Å². The normalized spacial score (nSPS) is 30.7. The zero-order chi connectivity index (χ0) is 15.2. The van der Waals surface area contributed by atoms with Gasteiger partial charge in [-0.1, -0.05) is 40.0 Å². The molecule has 1 heterocycles. The Morgan fingerprint density at radius 3 is 2.48 bits per heavy atom. The van der Waals surface area contributed by atoms with Crippen molar-refractivity contribution in [3.8, 4) is 0 Å². The molecule has 2 aliphatic rings. The third-order valence-corrected chi connectivity index (χ3v) is 6.43. The van der Waals surface area contributed by atoms with Crippen LogP contribution in [0.4, 0.5) is 0 Å². The van der Waals surface area contributed by atoms with E-state index in [2.05, 4.69) is 37.2 Å². The second-order valence-electron chi connectivity index (χ2n) is 7.44. The standard InChI is InChI=1S/C18H36N2S/c1-5-16(13-21-4)20-12-17(15-9-7-6-8-10-15)19-11-18(20)14(2)3/h14-19H,5-13H2,1-4H3. The molecule has 0 amide bonds. The highest BCUT2D eigenvalue weighted by molar-refractivity contribution is 7.98. The molecule has 1 aliphatic carbocycles. The van der Waals surface area contributed by atoms with Gasteiger partial charge in [-0.2, -0.15) is 11.8 Å². The van der Waals surface area contributed by atoms with Crippen LogP contribution in [0.2, 0.25) is 0 Å². The first-order valence-electron chi connectivity index (χ1n) is 9.15. The lowest BCUT2D eigenvalue weighted by molar-refractivity contribution is 0.0425. The number of thioether (sulfide) groups is 1. The van der Waals surface area contributed by atoms with Crippen molar-refractivity contribution < 1.29 is 0 Å². The first-order valence-corrected chi connectivity index (χ1v) is 10.5. The zero-order valence-corrected chi connectivity index (χ0v) is 15.4.